The van der Waals surface area contributed by atoms with Gasteiger partial charge in [-0.1, -0.05) is 12.2 Å². The minimum Gasteiger partial charge on any atom is -0.291 e. The van der Waals surface area contributed by atoms with Gasteiger partial charge in [0, 0.05) is 35.2 Å². The Bertz CT molecular complexity index is 483. The van der Waals surface area contributed by atoms with Gasteiger partial charge in [0.1, 0.15) is 4.21 Å². The van der Waals surface area contributed by atoms with Crippen LogP contribution in [-0.2, 0) is 15.6 Å². The van der Waals surface area contributed by atoms with E-state index in [9.17, 15) is 8.42 Å². The summed E-state index contributed by atoms with van der Waals surface area (Å²) in [5.41, 5.74) is 0. The zero-order chi connectivity index (χ0) is 12.9. The molecule has 0 bridgehead atoms. The number of halogens is 1. The maximum atomic E-state index is 11.1. The minimum atomic E-state index is -3.61. The van der Waals surface area contributed by atoms with Crippen molar-refractivity contribution in [1.82, 2.24) is 4.90 Å². The molecule has 6 heteroatoms. The fourth-order valence-corrected chi connectivity index (χ4v) is 3.53. The third kappa shape index (κ3) is 4.63. The lowest BCUT2D eigenvalue weighted by Crippen LogP contribution is -2.22. The van der Waals surface area contributed by atoms with Crippen LogP contribution in [0, 0.1) is 0 Å². The summed E-state index contributed by atoms with van der Waals surface area (Å²) in [7, 11) is 1.66. The molecule has 0 aliphatic rings. The van der Waals surface area contributed by atoms with Gasteiger partial charge >= 0.3 is 0 Å². The molecular weight excluding hydrogens is 278 g/mol. The third-order valence-corrected chi connectivity index (χ3v) is 5.19. The van der Waals surface area contributed by atoms with Crippen LogP contribution in [0.3, 0.4) is 0 Å². The molecule has 3 nitrogen and oxygen atoms in total. The highest BCUT2D eigenvalue weighted by Crippen LogP contribution is 2.25. The Morgan fingerprint density at radius 3 is 2.29 bits per heavy atom. The summed E-state index contributed by atoms with van der Waals surface area (Å²) in [6, 6.07) is 3.31. The van der Waals surface area contributed by atoms with Crippen LogP contribution in [0.2, 0.25) is 0 Å². The van der Waals surface area contributed by atoms with E-state index >= 15 is 0 Å². The van der Waals surface area contributed by atoms with E-state index in [-0.39, 0.29) is 4.21 Å². The molecule has 0 atom stereocenters. The molecule has 0 spiro atoms. The molecule has 0 aromatic carbocycles. The van der Waals surface area contributed by atoms with Gasteiger partial charge in [-0.3, -0.25) is 4.90 Å². The van der Waals surface area contributed by atoms with Crippen LogP contribution < -0.4 is 0 Å². The van der Waals surface area contributed by atoms with Crippen LogP contribution >= 0.6 is 22.0 Å². The van der Waals surface area contributed by atoms with E-state index < -0.39 is 9.05 Å². The van der Waals surface area contributed by atoms with Gasteiger partial charge in [0.2, 0.25) is 0 Å². The summed E-state index contributed by atoms with van der Waals surface area (Å²) in [6.07, 6.45) is 3.60. The lowest BCUT2D eigenvalue weighted by Gasteiger charge is -2.17. The Kier molecular flexibility index (Phi) is 5.39. The lowest BCUT2D eigenvalue weighted by atomic mass is 10.4. The first-order chi connectivity index (χ1) is 7.97. The molecule has 1 heterocycles. The van der Waals surface area contributed by atoms with Gasteiger partial charge in [0.15, 0.2) is 0 Å². The van der Waals surface area contributed by atoms with Crippen molar-refractivity contribution < 1.29 is 8.42 Å². The van der Waals surface area contributed by atoms with Crippen LogP contribution in [0.4, 0.5) is 0 Å². The highest BCUT2D eigenvalue weighted by atomic mass is 35.7. The summed E-state index contributed by atoms with van der Waals surface area (Å²) in [6.45, 7) is 9.48. The van der Waals surface area contributed by atoms with Crippen LogP contribution in [0.1, 0.15) is 4.88 Å². The van der Waals surface area contributed by atoms with Gasteiger partial charge in [-0.2, -0.15) is 0 Å². The highest BCUT2D eigenvalue weighted by Gasteiger charge is 2.14. The smallest absolute Gasteiger partial charge is 0.270 e. The standard InChI is InChI=1S/C11H14ClNO2S2/c1-3-7-13(8-4-2)9-10-5-6-11(16-10)17(12,14)15/h3-6H,1-2,7-9H2. The Balaban J connectivity index is 2.76. The molecule has 1 aromatic rings. The van der Waals surface area contributed by atoms with Crippen molar-refractivity contribution in [2.45, 2.75) is 10.8 Å². The summed E-state index contributed by atoms with van der Waals surface area (Å²) < 4.78 is 22.4. The quantitative estimate of drug-likeness (QED) is 0.573. The molecule has 1 aromatic heterocycles. The molecule has 0 aliphatic carbocycles. The molecule has 0 amide bonds. The van der Waals surface area contributed by atoms with E-state index in [4.69, 9.17) is 10.7 Å². The predicted octanol–water partition coefficient (Wildman–Crippen LogP) is 2.85. The van der Waals surface area contributed by atoms with Crippen LogP contribution in [-0.4, -0.2) is 26.4 Å². The van der Waals surface area contributed by atoms with Crippen LogP contribution in [0.15, 0.2) is 41.7 Å². The van der Waals surface area contributed by atoms with Gasteiger partial charge in [0.25, 0.3) is 9.05 Å². The van der Waals surface area contributed by atoms with E-state index in [0.29, 0.717) is 6.54 Å². The van der Waals surface area contributed by atoms with Crippen molar-refractivity contribution in [3.05, 3.63) is 42.3 Å². The van der Waals surface area contributed by atoms with Crippen LogP contribution in [0.5, 0.6) is 0 Å². The number of rotatable bonds is 7. The first-order valence-corrected chi connectivity index (χ1v) is 8.07. The largest absolute Gasteiger partial charge is 0.291 e. The van der Waals surface area contributed by atoms with Crippen molar-refractivity contribution in [2.24, 2.45) is 0 Å². The molecule has 0 radical (unpaired) electrons. The molecule has 0 fully saturated rings. The zero-order valence-electron chi connectivity index (χ0n) is 9.30. The highest BCUT2D eigenvalue weighted by molar-refractivity contribution is 8.15. The first-order valence-electron chi connectivity index (χ1n) is 4.95. The summed E-state index contributed by atoms with van der Waals surface area (Å²) in [4.78, 5) is 3.05. The molecule has 0 aliphatic heterocycles. The minimum absolute atomic E-state index is 0.186. The van der Waals surface area contributed by atoms with Crippen molar-refractivity contribution in [2.75, 3.05) is 13.1 Å². The fraction of sp³-hybridized carbons (Fsp3) is 0.273. The summed E-state index contributed by atoms with van der Waals surface area (Å²) in [5, 5.41) is 0. The Morgan fingerprint density at radius 1 is 1.29 bits per heavy atom. The van der Waals surface area contributed by atoms with Gasteiger partial charge in [0.05, 0.1) is 0 Å². The molecule has 0 saturated heterocycles. The lowest BCUT2D eigenvalue weighted by molar-refractivity contribution is 0.331. The number of thiophene rings is 1. The second kappa shape index (κ2) is 6.35. The SMILES string of the molecule is C=CCN(CC=C)Cc1ccc(S(=O)(=O)Cl)s1. The van der Waals surface area contributed by atoms with Crippen molar-refractivity contribution in [1.29, 1.82) is 0 Å². The molecule has 17 heavy (non-hydrogen) atoms. The van der Waals surface area contributed by atoms with Crippen molar-refractivity contribution in [3.8, 4) is 0 Å². The molecule has 1 rings (SSSR count). The Morgan fingerprint density at radius 2 is 1.88 bits per heavy atom. The van der Waals surface area contributed by atoms with Gasteiger partial charge in [-0.25, -0.2) is 8.42 Å². The summed E-state index contributed by atoms with van der Waals surface area (Å²) in [5.74, 6) is 0. The molecule has 0 saturated carbocycles. The maximum Gasteiger partial charge on any atom is 0.270 e. The van der Waals surface area contributed by atoms with Crippen LogP contribution in [0.25, 0.3) is 0 Å². The second-order valence-electron chi connectivity index (χ2n) is 3.43. The monoisotopic (exact) mass is 291 g/mol. The van der Waals surface area contributed by atoms with E-state index in [0.717, 1.165) is 18.0 Å². The maximum absolute atomic E-state index is 11.1. The first kappa shape index (κ1) is 14.4. The van der Waals surface area contributed by atoms with E-state index in [2.05, 4.69) is 18.1 Å². The summed E-state index contributed by atoms with van der Waals surface area (Å²) >= 11 is 1.19. The normalized spacial score (nSPS) is 11.6. The molecule has 0 N–H and O–H groups in total. The molecular formula is C11H14ClNO2S2. The average Bonchev–Trinajstić information content (AvgIpc) is 2.66. The molecule has 94 valence electrons. The second-order valence-corrected chi connectivity index (χ2v) is 7.39. The van der Waals surface area contributed by atoms with Crippen molar-refractivity contribution in [3.63, 3.8) is 0 Å². The van der Waals surface area contributed by atoms with E-state index in [1.54, 1.807) is 18.2 Å². The zero-order valence-corrected chi connectivity index (χ0v) is 11.7. The third-order valence-electron chi connectivity index (χ3n) is 2.03. The Labute approximate surface area is 110 Å². The Hall–Kier alpha value is -0.620. The van der Waals surface area contributed by atoms with Gasteiger partial charge < -0.3 is 0 Å². The van der Waals surface area contributed by atoms with Gasteiger partial charge in [-0.05, 0) is 12.1 Å². The van der Waals surface area contributed by atoms with E-state index in [1.165, 1.54) is 17.4 Å². The average molecular weight is 292 g/mol. The number of hydrogen-bond acceptors (Lipinski definition) is 4. The predicted molar refractivity (Wildman–Crippen MR) is 73.0 cm³/mol. The van der Waals surface area contributed by atoms with Gasteiger partial charge in [-0.15, -0.1) is 24.5 Å². The fourth-order valence-electron chi connectivity index (χ4n) is 1.36. The van der Waals surface area contributed by atoms with Crippen molar-refractivity contribution >= 4 is 31.1 Å². The van der Waals surface area contributed by atoms with E-state index in [1.807, 2.05) is 0 Å². The topological polar surface area (TPSA) is 37.4 Å². The number of hydrogen-bond donors (Lipinski definition) is 0. The molecule has 0 unspecified atom stereocenters. The number of nitrogens with zero attached hydrogens (tertiary/aromatic N) is 1.